The van der Waals surface area contributed by atoms with E-state index < -0.39 is 17.6 Å². The maximum Gasteiger partial charge on any atom is 0.266 e. The minimum absolute atomic E-state index is 0.0770. The number of para-hydroxylation sites is 2. The van der Waals surface area contributed by atoms with Crippen LogP contribution in [0, 0.1) is 31.0 Å². The topological polar surface area (TPSA) is 86.1 Å². The molecule has 0 fully saturated rings. The lowest BCUT2D eigenvalue weighted by Gasteiger charge is -2.18. The van der Waals surface area contributed by atoms with Gasteiger partial charge in [-0.25, -0.2) is 9.37 Å². The first-order chi connectivity index (χ1) is 14.8. The standard InChI is InChI=1S/C23H19FN4O2S/c1-14-7-6-8-15(2)21(14)27-22(30)17(12-25)11-18-13-31-23(26-18)28(16(3)29)20-10-5-4-9-19(20)24/h4-11,13H,1-3H3,(H,27,30)/b17-11+. The van der Waals surface area contributed by atoms with Crippen LogP contribution >= 0.6 is 11.3 Å². The fourth-order valence-electron chi connectivity index (χ4n) is 2.97. The van der Waals surface area contributed by atoms with Crippen molar-refractivity contribution in [2.45, 2.75) is 20.8 Å². The highest BCUT2D eigenvalue weighted by Crippen LogP contribution is 2.31. The predicted molar refractivity (Wildman–Crippen MR) is 119 cm³/mol. The molecular weight excluding hydrogens is 415 g/mol. The summed E-state index contributed by atoms with van der Waals surface area (Å²) in [6, 6.07) is 13.4. The molecule has 0 unspecified atom stereocenters. The van der Waals surface area contributed by atoms with Gasteiger partial charge in [0.25, 0.3) is 5.91 Å². The first-order valence-electron chi connectivity index (χ1n) is 9.32. The average Bonchev–Trinajstić information content (AvgIpc) is 3.18. The summed E-state index contributed by atoms with van der Waals surface area (Å²) in [6.07, 6.45) is 1.34. The minimum atomic E-state index is -0.563. The molecule has 0 aliphatic rings. The van der Waals surface area contributed by atoms with E-state index in [0.29, 0.717) is 11.4 Å². The van der Waals surface area contributed by atoms with E-state index in [4.69, 9.17) is 0 Å². The molecule has 0 aliphatic heterocycles. The molecule has 6 nitrogen and oxygen atoms in total. The van der Waals surface area contributed by atoms with E-state index in [-0.39, 0.29) is 16.4 Å². The van der Waals surface area contributed by atoms with E-state index in [1.54, 1.807) is 11.4 Å². The van der Waals surface area contributed by atoms with E-state index >= 15 is 0 Å². The molecule has 8 heteroatoms. The molecule has 1 aromatic heterocycles. The van der Waals surface area contributed by atoms with Gasteiger partial charge in [-0.2, -0.15) is 5.26 Å². The number of rotatable bonds is 5. The van der Waals surface area contributed by atoms with Crippen LogP contribution in [0.3, 0.4) is 0 Å². The van der Waals surface area contributed by atoms with E-state index in [9.17, 15) is 19.2 Å². The molecule has 2 amide bonds. The summed E-state index contributed by atoms with van der Waals surface area (Å²) in [4.78, 5) is 30.2. The number of anilines is 3. The molecule has 2 aromatic carbocycles. The van der Waals surface area contributed by atoms with Gasteiger partial charge in [0.05, 0.1) is 11.4 Å². The number of thiazole rings is 1. The number of carbonyl (C=O) groups is 2. The van der Waals surface area contributed by atoms with Gasteiger partial charge in [-0.05, 0) is 43.2 Å². The average molecular weight is 434 g/mol. The van der Waals surface area contributed by atoms with Crippen molar-refractivity contribution in [3.05, 3.63) is 76.1 Å². The van der Waals surface area contributed by atoms with Crippen molar-refractivity contribution < 1.29 is 14.0 Å². The van der Waals surface area contributed by atoms with E-state index in [1.807, 2.05) is 38.1 Å². The van der Waals surface area contributed by atoms with Crippen LogP contribution in [0.2, 0.25) is 0 Å². The number of carbonyl (C=O) groups excluding carboxylic acids is 2. The third-order valence-corrected chi connectivity index (χ3v) is 5.33. The van der Waals surface area contributed by atoms with Gasteiger partial charge >= 0.3 is 0 Å². The maximum atomic E-state index is 14.2. The van der Waals surface area contributed by atoms with Crippen molar-refractivity contribution in [1.29, 1.82) is 5.26 Å². The Kier molecular flexibility index (Phi) is 6.58. The zero-order valence-electron chi connectivity index (χ0n) is 17.1. The molecule has 0 spiro atoms. The lowest BCUT2D eigenvalue weighted by molar-refractivity contribution is -0.116. The summed E-state index contributed by atoms with van der Waals surface area (Å²) >= 11 is 1.10. The number of hydrogen-bond donors (Lipinski definition) is 1. The Labute approximate surface area is 183 Å². The van der Waals surface area contributed by atoms with Crippen molar-refractivity contribution in [3.8, 4) is 6.07 Å². The molecule has 0 saturated heterocycles. The van der Waals surface area contributed by atoms with Crippen molar-refractivity contribution in [3.63, 3.8) is 0 Å². The van der Waals surface area contributed by atoms with Crippen molar-refractivity contribution in [2.75, 3.05) is 10.2 Å². The Balaban J connectivity index is 1.90. The van der Waals surface area contributed by atoms with Gasteiger partial charge in [0.15, 0.2) is 5.13 Å². The van der Waals surface area contributed by atoms with Crippen LogP contribution in [-0.4, -0.2) is 16.8 Å². The molecule has 31 heavy (non-hydrogen) atoms. The summed E-state index contributed by atoms with van der Waals surface area (Å²) in [5.74, 6) is -1.54. The summed E-state index contributed by atoms with van der Waals surface area (Å²) in [7, 11) is 0. The van der Waals surface area contributed by atoms with Crippen LogP contribution in [0.25, 0.3) is 6.08 Å². The molecule has 156 valence electrons. The Morgan fingerprint density at radius 2 is 1.84 bits per heavy atom. The Morgan fingerprint density at radius 3 is 2.45 bits per heavy atom. The lowest BCUT2D eigenvalue weighted by atomic mass is 10.1. The van der Waals surface area contributed by atoms with Gasteiger partial charge in [-0.3, -0.25) is 14.5 Å². The SMILES string of the molecule is CC(=O)N(c1nc(/C=C(\C#N)C(=O)Nc2c(C)cccc2C)cs1)c1ccccc1F. The van der Waals surface area contributed by atoms with Gasteiger partial charge in [-0.1, -0.05) is 30.3 Å². The van der Waals surface area contributed by atoms with Crippen molar-refractivity contribution in [1.82, 2.24) is 4.98 Å². The zero-order valence-corrected chi connectivity index (χ0v) is 18.0. The quantitative estimate of drug-likeness (QED) is 0.446. The first kappa shape index (κ1) is 21.9. The second kappa shape index (κ2) is 9.32. The van der Waals surface area contributed by atoms with Crippen LogP contribution in [0.4, 0.5) is 20.9 Å². The Bertz CT molecular complexity index is 1210. The highest BCUT2D eigenvalue weighted by atomic mass is 32.1. The lowest BCUT2D eigenvalue weighted by Crippen LogP contribution is -2.23. The Hall–Kier alpha value is -3.83. The minimum Gasteiger partial charge on any atom is -0.321 e. The number of hydrogen-bond acceptors (Lipinski definition) is 5. The van der Waals surface area contributed by atoms with Crippen LogP contribution in [0.15, 0.2) is 53.4 Å². The third-order valence-electron chi connectivity index (χ3n) is 4.49. The summed E-state index contributed by atoms with van der Waals surface area (Å²) in [5.41, 5.74) is 2.66. The molecule has 3 aromatic rings. The fraction of sp³-hybridized carbons (Fsp3) is 0.130. The smallest absolute Gasteiger partial charge is 0.266 e. The number of nitrogens with one attached hydrogen (secondary N) is 1. The molecule has 3 rings (SSSR count). The molecule has 0 radical (unpaired) electrons. The molecular formula is C23H19FN4O2S. The number of benzene rings is 2. The zero-order chi connectivity index (χ0) is 22.5. The molecule has 1 heterocycles. The van der Waals surface area contributed by atoms with Gasteiger partial charge < -0.3 is 5.32 Å². The van der Waals surface area contributed by atoms with Crippen molar-refractivity contribution >= 4 is 45.7 Å². The Morgan fingerprint density at radius 1 is 1.16 bits per heavy atom. The second-order valence-corrected chi connectivity index (χ2v) is 7.59. The van der Waals surface area contributed by atoms with Crippen LogP contribution in [-0.2, 0) is 9.59 Å². The van der Waals surface area contributed by atoms with Crippen LogP contribution in [0.5, 0.6) is 0 Å². The van der Waals surface area contributed by atoms with Gasteiger partial charge in [0.1, 0.15) is 17.5 Å². The largest absolute Gasteiger partial charge is 0.321 e. The third kappa shape index (κ3) is 4.85. The number of aromatic nitrogens is 1. The van der Waals surface area contributed by atoms with Gasteiger partial charge in [-0.15, -0.1) is 11.3 Å². The number of nitrogens with zero attached hydrogens (tertiary/aromatic N) is 3. The first-order valence-corrected chi connectivity index (χ1v) is 10.2. The summed E-state index contributed by atoms with van der Waals surface area (Å²) in [5, 5.41) is 14.1. The van der Waals surface area contributed by atoms with Crippen LogP contribution < -0.4 is 10.2 Å². The van der Waals surface area contributed by atoms with Gasteiger partial charge in [0, 0.05) is 18.0 Å². The number of aryl methyl sites for hydroxylation is 2. The number of amides is 2. The van der Waals surface area contributed by atoms with E-state index in [0.717, 1.165) is 27.4 Å². The highest BCUT2D eigenvalue weighted by Gasteiger charge is 2.21. The van der Waals surface area contributed by atoms with E-state index in [1.165, 1.54) is 31.2 Å². The molecule has 1 N–H and O–H groups in total. The predicted octanol–water partition coefficient (Wildman–Crippen LogP) is 5.13. The van der Waals surface area contributed by atoms with Gasteiger partial charge in [0.2, 0.25) is 5.91 Å². The molecule has 0 atom stereocenters. The summed E-state index contributed by atoms with van der Waals surface area (Å²) in [6.45, 7) is 5.04. The molecule has 0 bridgehead atoms. The maximum absolute atomic E-state index is 14.2. The molecule has 0 aliphatic carbocycles. The number of halogens is 1. The van der Waals surface area contributed by atoms with Crippen LogP contribution in [0.1, 0.15) is 23.7 Å². The normalized spacial score (nSPS) is 11.0. The molecule has 0 saturated carbocycles. The second-order valence-electron chi connectivity index (χ2n) is 6.75. The summed E-state index contributed by atoms with van der Waals surface area (Å²) < 4.78 is 14.2. The fourth-order valence-corrected chi connectivity index (χ4v) is 3.81. The van der Waals surface area contributed by atoms with Crippen molar-refractivity contribution in [2.24, 2.45) is 0 Å². The monoisotopic (exact) mass is 434 g/mol. The highest BCUT2D eigenvalue weighted by molar-refractivity contribution is 7.14. The number of nitriles is 1. The van der Waals surface area contributed by atoms with E-state index in [2.05, 4.69) is 10.3 Å².